The molecule has 1 aliphatic rings. The maximum atomic E-state index is 11.1. The number of nitrogens with zero attached hydrogens (tertiary/aromatic N) is 1. The second kappa shape index (κ2) is 3.18. The quantitative estimate of drug-likeness (QED) is 0.667. The van der Waals surface area contributed by atoms with Crippen molar-refractivity contribution in [2.45, 2.75) is 13.0 Å². The monoisotopic (exact) mass is 181 g/mol. The van der Waals surface area contributed by atoms with Crippen LogP contribution in [0.1, 0.15) is 11.3 Å². The highest BCUT2D eigenvalue weighted by Gasteiger charge is 2.16. The van der Waals surface area contributed by atoms with Crippen LogP contribution in [0.3, 0.4) is 0 Å². The van der Waals surface area contributed by atoms with Crippen LogP contribution in [-0.2, 0) is 17.8 Å². The molecule has 1 aliphatic heterocycles. The van der Waals surface area contributed by atoms with Crippen LogP contribution < -0.4 is 11.0 Å². The van der Waals surface area contributed by atoms with Crippen molar-refractivity contribution in [3.8, 4) is 0 Å². The molecule has 0 amide bonds. The SMILES string of the molecule is COCc1[nH]c(=O)nc2c1CCN2. The van der Waals surface area contributed by atoms with Crippen molar-refractivity contribution in [3.05, 3.63) is 21.7 Å². The summed E-state index contributed by atoms with van der Waals surface area (Å²) in [6.45, 7) is 1.28. The van der Waals surface area contributed by atoms with Crippen LogP contribution in [0.25, 0.3) is 0 Å². The average Bonchev–Trinajstić information content (AvgIpc) is 2.52. The molecule has 0 saturated carbocycles. The Morgan fingerprint density at radius 1 is 1.62 bits per heavy atom. The first-order valence-corrected chi connectivity index (χ1v) is 4.16. The smallest absolute Gasteiger partial charge is 0.347 e. The highest BCUT2D eigenvalue weighted by atomic mass is 16.5. The molecule has 13 heavy (non-hydrogen) atoms. The lowest BCUT2D eigenvalue weighted by molar-refractivity contribution is 0.180. The Bertz CT molecular complexity index is 372. The van der Waals surface area contributed by atoms with Crippen LogP contribution in [0.4, 0.5) is 5.82 Å². The summed E-state index contributed by atoms with van der Waals surface area (Å²) >= 11 is 0. The Morgan fingerprint density at radius 3 is 3.23 bits per heavy atom. The standard InChI is InChI=1S/C8H11N3O2/c1-13-4-6-5-2-3-9-7(5)11-8(12)10-6/h2-4H2,1H3,(H2,9,10,11,12). The van der Waals surface area contributed by atoms with Gasteiger partial charge in [-0.3, -0.25) is 0 Å². The lowest BCUT2D eigenvalue weighted by Gasteiger charge is -2.04. The highest BCUT2D eigenvalue weighted by molar-refractivity contribution is 5.50. The van der Waals surface area contributed by atoms with E-state index in [0.717, 1.165) is 24.2 Å². The molecule has 0 radical (unpaired) electrons. The number of ether oxygens (including phenoxy) is 1. The van der Waals surface area contributed by atoms with Gasteiger partial charge in [0.2, 0.25) is 0 Å². The molecule has 2 heterocycles. The van der Waals surface area contributed by atoms with E-state index in [4.69, 9.17) is 4.74 Å². The van der Waals surface area contributed by atoms with Gasteiger partial charge in [-0.25, -0.2) is 4.79 Å². The third kappa shape index (κ3) is 1.42. The molecule has 0 spiro atoms. The number of nitrogens with one attached hydrogen (secondary N) is 2. The van der Waals surface area contributed by atoms with Gasteiger partial charge in [0.25, 0.3) is 0 Å². The molecular weight excluding hydrogens is 170 g/mol. The third-order valence-corrected chi connectivity index (χ3v) is 2.08. The molecule has 0 atom stereocenters. The van der Waals surface area contributed by atoms with E-state index in [9.17, 15) is 4.79 Å². The number of aromatic amines is 1. The van der Waals surface area contributed by atoms with Crippen molar-refractivity contribution in [3.63, 3.8) is 0 Å². The molecule has 0 bridgehead atoms. The van der Waals surface area contributed by atoms with Gasteiger partial charge in [-0.15, -0.1) is 0 Å². The molecule has 2 N–H and O–H groups in total. The molecule has 1 aromatic rings. The predicted molar refractivity (Wildman–Crippen MR) is 47.8 cm³/mol. The normalized spacial score (nSPS) is 13.9. The van der Waals surface area contributed by atoms with E-state index >= 15 is 0 Å². The van der Waals surface area contributed by atoms with Crippen molar-refractivity contribution >= 4 is 5.82 Å². The Balaban J connectivity index is 2.49. The van der Waals surface area contributed by atoms with Gasteiger partial charge in [-0.2, -0.15) is 4.98 Å². The molecule has 0 fully saturated rings. The third-order valence-electron chi connectivity index (χ3n) is 2.08. The zero-order valence-electron chi connectivity index (χ0n) is 7.39. The maximum Gasteiger partial charge on any atom is 0.347 e. The predicted octanol–water partition coefficient (Wildman–Crippen LogP) is -0.116. The lowest BCUT2D eigenvalue weighted by atomic mass is 10.2. The number of aromatic nitrogens is 2. The summed E-state index contributed by atoms with van der Waals surface area (Å²) in [6.07, 6.45) is 0.901. The molecule has 1 aromatic heterocycles. The van der Waals surface area contributed by atoms with Gasteiger partial charge in [0.05, 0.1) is 12.3 Å². The van der Waals surface area contributed by atoms with Crippen molar-refractivity contribution in [2.75, 3.05) is 19.0 Å². The molecule has 0 aliphatic carbocycles. The maximum absolute atomic E-state index is 11.1. The van der Waals surface area contributed by atoms with E-state index in [1.165, 1.54) is 0 Å². The summed E-state index contributed by atoms with van der Waals surface area (Å²) in [7, 11) is 1.60. The van der Waals surface area contributed by atoms with Gasteiger partial charge in [0, 0.05) is 19.2 Å². The molecule has 70 valence electrons. The largest absolute Gasteiger partial charge is 0.378 e. The zero-order chi connectivity index (χ0) is 9.26. The first-order chi connectivity index (χ1) is 6.31. The average molecular weight is 181 g/mol. The summed E-state index contributed by atoms with van der Waals surface area (Å²) in [5.41, 5.74) is 1.59. The Kier molecular flexibility index (Phi) is 2.02. The van der Waals surface area contributed by atoms with Gasteiger partial charge in [0.15, 0.2) is 0 Å². The summed E-state index contributed by atoms with van der Waals surface area (Å²) < 4.78 is 4.98. The van der Waals surface area contributed by atoms with E-state index in [1.807, 2.05) is 0 Å². The zero-order valence-corrected chi connectivity index (χ0v) is 7.39. The number of anilines is 1. The van der Waals surface area contributed by atoms with Gasteiger partial charge >= 0.3 is 5.69 Å². The van der Waals surface area contributed by atoms with Crippen molar-refractivity contribution < 1.29 is 4.74 Å². The topological polar surface area (TPSA) is 67.0 Å². The second-order valence-electron chi connectivity index (χ2n) is 2.96. The minimum atomic E-state index is -0.319. The van der Waals surface area contributed by atoms with Gasteiger partial charge in [-0.1, -0.05) is 0 Å². The van der Waals surface area contributed by atoms with E-state index in [0.29, 0.717) is 12.4 Å². The number of hydrogen-bond acceptors (Lipinski definition) is 4. The van der Waals surface area contributed by atoms with Crippen LogP contribution >= 0.6 is 0 Å². The van der Waals surface area contributed by atoms with Crippen molar-refractivity contribution in [2.24, 2.45) is 0 Å². The first-order valence-electron chi connectivity index (χ1n) is 4.16. The van der Waals surface area contributed by atoms with Gasteiger partial charge < -0.3 is 15.0 Å². The summed E-state index contributed by atoms with van der Waals surface area (Å²) in [4.78, 5) is 17.6. The number of hydrogen-bond donors (Lipinski definition) is 2. The summed E-state index contributed by atoms with van der Waals surface area (Å²) in [5.74, 6) is 0.704. The fourth-order valence-electron chi connectivity index (χ4n) is 1.53. The summed E-state index contributed by atoms with van der Waals surface area (Å²) in [5, 5.41) is 3.05. The van der Waals surface area contributed by atoms with E-state index in [-0.39, 0.29) is 5.69 Å². The van der Waals surface area contributed by atoms with Crippen LogP contribution in [-0.4, -0.2) is 23.6 Å². The van der Waals surface area contributed by atoms with Crippen LogP contribution in [0.5, 0.6) is 0 Å². The van der Waals surface area contributed by atoms with Crippen LogP contribution in [0.15, 0.2) is 4.79 Å². The van der Waals surface area contributed by atoms with Crippen LogP contribution in [0.2, 0.25) is 0 Å². The first kappa shape index (κ1) is 8.25. The fourth-order valence-corrected chi connectivity index (χ4v) is 1.53. The molecule has 0 unspecified atom stereocenters. The number of methoxy groups -OCH3 is 1. The van der Waals surface area contributed by atoms with Gasteiger partial charge in [-0.05, 0) is 6.42 Å². The Labute approximate surface area is 75.1 Å². The lowest BCUT2D eigenvalue weighted by Crippen LogP contribution is -2.15. The second-order valence-corrected chi connectivity index (χ2v) is 2.96. The van der Waals surface area contributed by atoms with Crippen LogP contribution in [0, 0.1) is 0 Å². The molecule has 2 rings (SSSR count). The molecular formula is C8H11N3O2. The fraction of sp³-hybridized carbons (Fsp3) is 0.500. The summed E-state index contributed by atoms with van der Waals surface area (Å²) in [6, 6.07) is 0. The minimum absolute atomic E-state index is 0.319. The Morgan fingerprint density at radius 2 is 2.46 bits per heavy atom. The van der Waals surface area contributed by atoms with Gasteiger partial charge in [0.1, 0.15) is 5.82 Å². The van der Waals surface area contributed by atoms with Crippen molar-refractivity contribution in [1.29, 1.82) is 0 Å². The van der Waals surface area contributed by atoms with E-state index in [1.54, 1.807) is 7.11 Å². The number of H-pyrrole nitrogens is 1. The van der Waals surface area contributed by atoms with Crippen molar-refractivity contribution in [1.82, 2.24) is 9.97 Å². The van der Waals surface area contributed by atoms with E-state index < -0.39 is 0 Å². The molecule has 5 heteroatoms. The minimum Gasteiger partial charge on any atom is -0.378 e. The Hall–Kier alpha value is -1.36. The molecule has 0 aromatic carbocycles. The number of fused-ring (bicyclic) bond motifs is 1. The highest BCUT2D eigenvalue weighted by Crippen LogP contribution is 2.20. The molecule has 5 nitrogen and oxygen atoms in total. The molecule has 0 saturated heterocycles. The number of rotatable bonds is 2. The van der Waals surface area contributed by atoms with E-state index in [2.05, 4.69) is 15.3 Å².